The molecule has 6 heteroatoms. The molecular formula is C12H16O6. The molecule has 0 saturated carbocycles. The third kappa shape index (κ3) is 7.21. The van der Waals surface area contributed by atoms with Crippen LogP contribution in [0.1, 0.15) is 20.3 Å². The van der Waals surface area contributed by atoms with Gasteiger partial charge in [0.1, 0.15) is 0 Å². The fourth-order valence-corrected chi connectivity index (χ4v) is 0.870. The highest BCUT2D eigenvalue weighted by atomic mass is 16.5. The summed E-state index contributed by atoms with van der Waals surface area (Å²) in [6, 6.07) is 0. The van der Waals surface area contributed by atoms with Crippen molar-refractivity contribution in [3.8, 4) is 0 Å². The number of carboxylic acid groups (broad SMARTS) is 1. The van der Waals surface area contributed by atoms with Crippen molar-refractivity contribution in [2.24, 2.45) is 0 Å². The maximum absolute atomic E-state index is 11.2. The lowest BCUT2D eigenvalue weighted by atomic mass is 10.3. The number of hydrogen-bond acceptors (Lipinski definition) is 5. The number of esters is 2. The molecule has 1 N–H and O–H groups in total. The van der Waals surface area contributed by atoms with Crippen molar-refractivity contribution < 1.29 is 29.0 Å². The van der Waals surface area contributed by atoms with Crippen molar-refractivity contribution in [2.75, 3.05) is 13.2 Å². The van der Waals surface area contributed by atoms with E-state index in [2.05, 4.69) is 6.58 Å². The SMILES string of the molecule is C=C(C)C(=O)OCCCOC(=O)C(C)=CC(=O)O. The highest BCUT2D eigenvalue weighted by Crippen LogP contribution is 1.98. The smallest absolute Gasteiger partial charge is 0.333 e. The number of carboxylic acids is 1. The molecule has 0 aliphatic rings. The average molecular weight is 256 g/mol. The lowest BCUT2D eigenvalue weighted by Crippen LogP contribution is -2.12. The van der Waals surface area contributed by atoms with Crippen molar-refractivity contribution in [3.05, 3.63) is 23.8 Å². The lowest BCUT2D eigenvalue weighted by Gasteiger charge is -2.05. The van der Waals surface area contributed by atoms with Crippen LogP contribution in [0.5, 0.6) is 0 Å². The zero-order valence-corrected chi connectivity index (χ0v) is 10.4. The van der Waals surface area contributed by atoms with E-state index in [1.54, 1.807) is 0 Å². The zero-order chi connectivity index (χ0) is 14.1. The van der Waals surface area contributed by atoms with E-state index in [1.165, 1.54) is 13.8 Å². The fourth-order valence-electron chi connectivity index (χ4n) is 0.870. The van der Waals surface area contributed by atoms with Crippen LogP contribution >= 0.6 is 0 Å². The van der Waals surface area contributed by atoms with E-state index in [0.29, 0.717) is 12.0 Å². The second kappa shape index (κ2) is 8.05. The van der Waals surface area contributed by atoms with E-state index in [-0.39, 0.29) is 18.8 Å². The molecular weight excluding hydrogens is 240 g/mol. The molecule has 0 radical (unpaired) electrons. The quantitative estimate of drug-likeness (QED) is 0.416. The summed E-state index contributed by atoms with van der Waals surface area (Å²) in [7, 11) is 0. The molecule has 0 aromatic rings. The average Bonchev–Trinajstić information content (AvgIpc) is 2.26. The monoisotopic (exact) mass is 256 g/mol. The molecule has 0 saturated heterocycles. The molecule has 0 aliphatic heterocycles. The highest BCUT2D eigenvalue weighted by molar-refractivity contribution is 5.95. The molecule has 18 heavy (non-hydrogen) atoms. The molecule has 0 bridgehead atoms. The first kappa shape index (κ1) is 15.9. The van der Waals surface area contributed by atoms with Crippen LogP contribution in [-0.4, -0.2) is 36.2 Å². The third-order valence-corrected chi connectivity index (χ3v) is 1.77. The number of ether oxygens (including phenoxy) is 2. The number of hydrogen-bond donors (Lipinski definition) is 1. The summed E-state index contributed by atoms with van der Waals surface area (Å²) < 4.78 is 9.53. The van der Waals surface area contributed by atoms with Gasteiger partial charge in [-0.15, -0.1) is 0 Å². The van der Waals surface area contributed by atoms with Crippen LogP contribution < -0.4 is 0 Å². The van der Waals surface area contributed by atoms with Crippen LogP contribution in [-0.2, 0) is 23.9 Å². The van der Waals surface area contributed by atoms with Crippen LogP contribution in [0.4, 0.5) is 0 Å². The first-order chi connectivity index (χ1) is 8.34. The van der Waals surface area contributed by atoms with E-state index < -0.39 is 17.9 Å². The van der Waals surface area contributed by atoms with Gasteiger partial charge in [0.2, 0.25) is 0 Å². The van der Waals surface area contributed by atoms with Gasteiger partial charge in [0, 0.05) is 23.6 Å². The van der Waals surface area contributed by atoms with Gasteiger partial charge >= 0.3 is 17.9 Å². The molecule has 0 aliphatic carbocycles. The van der Waals surface area contributed by atoms with Crippen molar-refractivity contribution in [2.45, 2.75) is 20.3 Å². The van der Waals surface area contributed by atoms with E-state index >= 15 is 0 Å². The Kier molecular flexibility index (Phi) is 7.11. The molecule has 0 heterocycles. The summed E-state index contributed by atoms with van der Waals surface area (Å²) >= 11 is 0. The predicted octanol–water partition coefficient (Wildman–Crippen LogP) is 1.07. The van der Waals surface area contributed by atoms with Crippen LogP contribution in [0.2, 0.25) is 0 Å². The molecule has 0 atom stereocenters. The first-order valence-corrected chi connectivity index (χ1v) is 5.25. The van der Waals surface area contributed by atoms with Gasteiger partial charge in [-0.3, -0.25) is 0 Å². The summed E-state index contributed by atoms with van der Waals surface area (Å²) in [5.41, 5.74) is 0.300. The largest absolute Gasteiger partial charge is 0.478 e. The van der Waals surface area contributed by atoms with Gasteiger partial charge in [-0.05, 0) is 13.8 Å². The van der Waals surface area contributed by atoms with Gasteiger partial charge in [-0.2, -0.15) is 0 Å². The number of carbonyl (C=O) groups excluding carboxylic acids is 2. The summed E-state index contributed by atoms with van der Waals surface area (Å²) in [5, 5.41) is 8.41. The Hall–Kier alpha value is -2.11. The Morgan fingerprint density at radius 2 is 1.61 bits per heavy atom. The molecule has 0 aromatic heterocycles. The molecule has 100 valence electrons. The lowest BCUT2D eigenvalue weighted by molar-refractivity contribution is -0.142. The van der Waals surface area contributed by atoms with Crippen molar-refractivity contribution >= 4 is 17.9 Å². The van der Waals surface area contributed by atoms with Crippen LogP contribution in [0, 0.1) is 0 Å². The van der Waals surface area contributed by atoms with Gasteiger partial charge in [0.25, 0.3) is 0 Å². The topological polar surface area (TPSA) is 89.9 Å². The summed E-state index contributed by atoms with van der Waals surface area (Å²) in [6.45, 7) is 6.45. The molecule has 0 fully saturated rings. The van der Waals surface area contributed by atoms with Gasteiger partial charge in [-0.1, -0.05) is 6.58 Å². The first-order valence-electron chi connectivity index (χ1n) is 5.25. The second-order valence-electron chi connectivity index (χ2n) is 3.57. The molecule has 0 spiro atoms. The molecule has 0 unspecified atom stereocenters. The fraction of sp³-hybridized carbons (Fsp3) is 0.417. The van der Waals surface area contributed by atoms with E-state index in [0.717, 1.165) is 6.08 Å². The van der Waals surface area contributed by atoms with Crippen LogP contribution in [0.3, 0.4) is 0 Å². The van der Waals surface area contributed by atoms with E-state index in [9.17, 15) is 14.4 Å². The van der Waals surface area contributed by atoms with Crippen LogP contribution in [0.25, 0.3) is 0 Å². The molecule has 0 amide bonds. The minimum atomic E-state index is -1.21. The minimum absolute atomic E-state index is 0.00132. The van der Waals surface area contributed by atoms with Gasteiger partial charge < -0.3 is 14.6 Å². The van der Waals surface area contributed by atoms with Crippen molar-refractivity contribution in [3.63, 3.8) is 0 Å². The van der Waals surface area contributed by atoms with Gasteiger partial charge in [0.05, 0.1) is 13.2 Å². The minimum Gasteiger partial charge on any atom is -0.478 e. The maximum atomic E-state index is 11.2. The number of carbonyl (C=O) groups is 3. The zero-order valence-electron chi connectivity index (χ0n) is 10.4. The number of aliphatic carboxylic acids is 1. The molecule has 6 nitrogen and oxygen atoms in total. The van der Waals surface area contributed by atoms with Crippen LogP contribution in [0.15, 0.2) is 23.8 Å². The van der Waals surface area contributed by atoms with E-state index in [1.807, 2.05) is 0 Å². The predicted molar refractivity (Wildman–Crippen MR) is 62.7 cm³/mol. The van der Waals surface area contributed by atoms with E-state index in [4.69, 9.17) is 14.6 Å². The van der Waals surface area contributed by atoms with Crippen molar-refractivity contribution in [1.29, 1.82) is 0 Å². The molecule has 0 rings (SSSR count). The Morgan fingerprint density at radius 3 is 2.06 bits per heavy atom. The summed E-state index contributed by atoms with van der Waals surface area (Å²) in [6.07, 6.45) is 1.11. The Labute approximate surface area is 105 Å². The third-order valence-electron chi connectivity index (χ3n) is 1.77. The normalized spacial score (nSPS) is 10.7. The summed E-state index contributed by atoms with van der Waals surface area (Å²) in [4.78, 5) is 32.5. The summed E-state index contributed by atoms with van der Waals surface area (Å²) in [5.74, 6) is -2.41. The maximum Gasteiger partial charge on any atom is 0.333 e. The highest BCUT2D eigenvalue weighted by Gasteiger charge is 2.07. The standard InChI is InChI=1S/C12H16O6/c1-8(2)11(15)17-5-4-6-18-12(16)9(3)7-10(13)14/h7H,1,4-6H2,2-3H3,(H,13,14). The molecule has 0 aromatic carbocycles. The van der Waals surface area contributed by atoms with Crippen molar-refractivity contribution in [1.82, 2.24) is 0 Å². The van der Waals surface area contributed by atoms with Gasteiger partial charge in [0.15, 0.2) is 0 Å². The Morgan fingerprint density at radius 1 is 1.11 bits per heavy atom. The van der Waals surface area contributed by atoms with Gasteiger partial charge in [-0.25, -0.2) is 14.4 Å². The second-order valence-corrected chi connectivity index (χ2v) is 3.57. The Balaban J connectivity index is 3.80. The number of rotatable bonds is 7. The Bertz CT molecular complexity index is 380.